The first-order chi connectivity index (χ1) is 16.4. The second-order valence-electron chi connectivity index (χ2n) is 14.2. The van der Waals surface area contributed by atoms with E-state index in [0.717, 1.165) is 25.7 Å². The van der Waals surface area contributed by atoms with E-state index in [0.29, 0.717) is 46.4 Å². The van der Waals surface area contributed by atoms with Crippen molar-refractivity contribution in [1.29, 1.82) is 0 Å². The molecule has 0 radical (unpaired) electrons. The average Bonchev–Trinajstić information content (AvgIpc) is 3.02. The predicted molar refractivity (Wildman–Crippen MR) is 144 cm³/mol. The minimum Gasteiger partial charge on any atom is -0.413 e. The molecule has 0 aromatic rings. The first-order valence-corrected chi connectivity index (χ1v) is 16.8. The molecule has 5 heteroatoms. The Morgan fingerprint density at radius 1 is 1.00 bits per heavy atom. The number of ether oxygens (including phenoxy) is 2. The van der Waals surface area contributed by atoms with Crippen molar-refractivity contribution < 1.29 is 19.0 Å². The van der Waals surface area contributed by atoms with E-state index in [1.54, 1.807) is 0 Å². The molecule has 35 heavy (non-hydrogen) atoms. The molecule has 0 aromatic heterocycles. The topological polar surface area (TPSA) is 47.9 Å². The number of aliphatic hydroxyl groups excluding tert-OH is 1. The van der Waals surface area contributed by atoms with E-state index in [-0.39, 0.29) is 29.8 Å². The van der Waals surface area contributed by atoms with Gasteiger partial charge < -0.3 is 19.0 Å². The van der Waals surface area contributed by atoms with Gasteiger partial charge in [-0.3, -0.25) is 0 Å². The lowest BCUT2D eigenvalue weighted by molar-refractivity contribution is -0.353. The SMILES string of the molecule is CC(C)[Si](O[C@H]1CC[C@@]2(C)[C@@H](C=C[C@@H]3C[C@@H]4[C@H]5O[C@H](C)O[C@]4(CO)CC[C@]352)[C@@H]1C)(C(C)C)C(C)C. The van der Waals surface area contributed by atoms with Crippen molar-refractivity contribution in [2.45, 2.75) is 135 Å². The lowest BCUT2D eigenvalue weighted by atomic mass is 9.42. The molecule has 4 fully saturated rings. The Balaban J connectivity index is 1.48. The maximum atomic E-state index is 10.5. The Labute approximate surface area is 215 Å². The van der Waals surface area contributed by atoms with Gasteiger partial charge in [-0.25, -0.2) is 0 Å². The smallest absolute Gasteiger partial charge is 0.200 e. The molecule has 4 nitrogen and oxygen atoms in total. The fraction of sp³-hybridized carbons (Fsp3) is 0.933. The predicted octanol–water partition coefficient (Wildman–Crippen LogP) is 7.08. The van der Waals surface area contributed by atoms with Crippen LogP contribution in [0.3, 0.4) is 0 Å². The monoisotopic (exact) mass is 504 g/mol. The van der Waals surface area contributed by atoms with E-state index in [1.807, 2.05) is 6.92 Å². The molecular weight excluding hydrogens is 452 g/mol. The first-order valence-electron chi connectivity index (χ1n) is 14.7. The van der Waals surface area contributed by atoms with Crippen LogP contribution in [0.1, 0.15) is 94.4 Å². The number of hydrogen-bond acceptors (Lipinski definition) is 4. The van der Waals surface area contributed by atoms with Crippen LogP contribution >= 0.6 is 0 Å². The normalized spacial score (nSPS) is 49.0. The third-order valence-corrected chi connectivity index (χ3v) is 18.3. The summed E-state index contributed by atoms with van der Waals surface area (Å²) in [4.78, 5) is 0. The number of allylic oxidation sites excluding steroid dienone is 2. The van der Waals surface area contributed by atoms with E-state index in [4.69, 9.17) is 13.9 Å². The Bertz CT molecular complexity index is 818. The van der Waals surface area contributed by atoms with Gasteiger partial charge >= 0.3 is 0 Å². The van der Waals surface area contributed by atoms with Crippen LogP contribution in [0.4, 0.5) is 0 Å². The quantitative estimate of drug-likeness (QED) is 0.310. The molecule has 0 aromatic carbocycles. The largest absolute Gasteiger partial charge is 0.413 e. The molecule has 1 saturated heterocycles. The van der Waals surface area contributed by atoms with Crippen molar-refractivity contribution in [3.63, 3.8) is 0 Å². The van der Waals surface area contributed by atoms with Crippen molar-refractivity contribution in [3.8, 4) is 0 Å². The molecule has 3 saturated carbocycles. The van der Waals surface area contributed by atoms with Crippen molar-refractivity contribution in [2.75, 3.05) is 6.61 Å². The van der Waals surface area contributed by atoms with Crippen LogP contribution in [0.25, 0.3) is 0 Å². The van der Waals surface area contributed by atoms with Gasteiger partial charge in [-0.1, -0.05) is 67.5 Å². The van der Waals surface area contributed by atoms with Crippen molar-refractivity contribution >= 4 is 8.32 Å². The third-order valence-electron chi connectivity index (χ3n) is 12.2. The van der Waals surface area contributed by atoms with Gasteiger partial charge in [0.2, 0.25) is 8.32 Å². The van der Waals surface area contributed by atoms with E-state index in [9.17, 15) is 5.11 Å². The van der Waals surface area contributed by atoms with Crippen LogP contribution in [0, 0.1) is 34.5 Å². The van der Waals surface area contributed by atoms with Gasteiger partial charge in [0.05, 0.1) is 18.3 Å². The van der Waals surface area contributed by atoms with Crippen molar-refractivity contribution in [2.24, 2.45) is 34.5 Å². The number of aliphatic hydroxyl groups is 1. The highest BCUT2D eigenvalue weighted by atomic mass is 28.4. The van der Waals surface area contributed by atoms with E-state index in [2.05, 4.69) is 67.5 Å². The van der Waals surface area contributed by atoms with Gasteiger partial charge in [-0.15, -0.1) is 0 Å². The summed E-state index contributed by atoms with van der Waals surface area (Å²) in [6.07, 6.45) is 11.0. The molecular formula is C30H52O4Si. The molecule has 4 aliphatic carbocycles. The maximum Gasteiger partial charge on any atom is 0.200 e. The Hall–Kier alpha value is -0.203. The highest BCUT2D eigenvalue weighted by Gasteiger charge is 2.74. The molecule has 1 aliphatic heterocycles. The molecule has 1 spiro atoms. The Kier molecular flexibility index (Phi) is 6.53. The molecule has 10 atom stereocenters. The van der Waals surface area contributed by atoms with Gasteiger partial charge in [-0.2, -0.15) is 0 Å². The van der Waals surface area contributed by atoms with Gasteiger partial charge in [0.1, 0.15) is 0 Å². The van der Waals surface area contributed by atoms with E-state index >= 15 is 0 Å². The molecule has 1 heterocycles. The van der Waals surface area contributed by atoms with Crippen LogP contribution in [-0.2, 0) is 13.9 Å². The highest BCUT2D eigenvalue weighted by molar-refractivity contribution is 6.77. The third kappa shape index (κ3) is 3.30. The molecule has 4 bridgehead atoms. The van der Waals surface area contributed by atoms with Gasteiger partial charge in [0.15, 0.2) is 6.29 Å². The second kappa shape index (κ2) is 8.66. The molecule has 1 N–H and O–H groups in total. The molecule has 0 amide bonds. The van der Waals surface area contributed by atoms with Gasteiger partial charge in [0.25, 0.3) is 0 Å². The van der Waals surface area contributed by atoms with Crippen LogP contribution in [0.5, 0.6) is 0 Å². The highest BCUT2D eigenvalue weighted by Crippen LogP contribution is 2.74. The van der Waals surface area contributed by atoms with Crippen LogP contribution < -0.4 is 0 Å². The number of hydrogen-bond donors (Lipinski definition) is 1. The average molecular weight is 505 g/mol. The summed E-state index contributed by atoms with van der Waals surface area (Å²) in [6, 6.07) is 0. The Morgan fingerprint density at radius 3 is 2.26 bits per heavy atom. The van der Waals surface area contributed by atoms with Crippen molar-refractivity contribution in [3.05, 3.63) is 12.2 Å². The Morgan fingerprint density at radius 2 is 1.66 bits per heavy atom. The zero-order chi connectivity index (χ0) is 25.6. The standard InChI is InChI=1S/C30H52O4Si/c1-18(2)35(19(3)4,20(5)6)34-26-12-13-28(9)24(21(26)7)11-10-23-16-25-27-30(23,28)15-14-29(25,17-31)33-22(8)32-27/h10-11,18-27,31H,12-17H2,1-9H3/t21-,22-,23+,24-,25+,26-,27+,28-,29-,30-/m0/s1. The number of fused-ring (bicyclic) bond motifs is 1. The summed E-state index contributed by atoms with van der Waals surface area (Å²) < 4.78 is 20.5. The fourth-order valence-electron chi connectivity index (χ4n) is 10.7. The van der Waals surface area contributed by atoms with Crippen LogP contribution in [0.15, 0.2) is 12.2 Å². The lowest BCUT2D eigenvalue weighted by Gasteiger charge is -2.66. The maximum absolute atomic E-state index is 10.5. The molecule has 5 rings (SSSR count). The molecule has 200 valence electrons. The van der Waals surface area contributed by atoms with Crippen molar-refractivity contribution in [1.82, 2.24) is 0 Å². The molecule has 0 unspecified atom stereocenters. The second-order valence-corrected chi connectivity index (χ2v) is 19.6. The zero-order valence-corrected chi connectivity index (χ0v) is 24.8. The van der Waals surface area contributed by atoms with E-state index < -0.39 is 13.9 Å². The van der Waals surface area contributed by atoms with Gasteiger partial charge in [-0.05, 0) is 78.8 Å². The summed E-state index contributed by atoms with van der Waals surface area (Å²) in [5.74, 6) is 1.85. The number of rotatable bonds is 6. The summed E-state index contributed by atoms with van der Waals surface area (Å²) in [5.41, 5.74) is 1.78. The minimum absolute atomic E-state index is 0.118. The summed E-state index contributed by atoms with van der Waals surface area (Å²) in [7, 11) is -1.93. The zero-order valence-electron chi connectivity index (χ0n) is 23.8. The van der Waals surface area contributed by atoms with Crippen LogP contribution in [0.2, 0.25) is 16.6 Å². The summed E-state index contributed by atoms with van der Waals surface area (Å²) in [5, 5.41) is 10.5. The minimum atomic E-state index is -1.93. The lowest BCUT2D eigenvalue weighted by Crippen LogP contribution is -2.68. The summed E-state index contributed by atoms with van der Waals surface area (Å²) in [6.45, 7) is 21.7. The van der Waals surface area contributed by atoms with Crippen LogP contribution in [-0.4, -0.2) is 44.1 Å². The first kappa shape index (κ1) is 26.4. The molecule has 5 aliphatic rings. The summed E-state index contributed by atoms with van der Waals surface area (Å²) >= 11 is 0. The van der Waals surface area contributed by atoms with E-state index in [1.165, 1.54) is 6.42 Å². The fourth-order valence-corrected chi connectivity index (χ4v) is 16.4. The van der Waals surface area contributed by atoms with Gasteiger partial charge in [0, 0.05) is 17.4 Å².